The first kappa shape index (κ1) is 29.9. The Kier molecular flexibility index (Phi) is 8.55. The molecule has 0 saturated carbocycles. The van der Waals surface area contributed by atoms with Gasteiger partial charge in [0.25, 0.3) is 23.6 Å². The van der Waals surface area contributed by atoms with Gasteiger partial charge in [0.2, 0.25) is 0 Å². The summed E-state index contributed by atoms with van der Waals surface area (Å²) in [5.41, 5.74) is 2.02. The molecule has 220 valence electrons. The zero-order valence-electron chi connectivity index (χ0n) is 23.4. The molecule has 0 unspecified atom stereocenters. The fourth-order valence-corrected chi connectivity index (χ4v) is 6.10. The highest BCUT2D eigenvalue weighted by Gasteiger charge is 2.23. The van der Waals surface area contributed by atoms with E-state index < -0.39 is 23.6 Å². The lowest BCUT2D eigenvalue weighted by atomic mass is 9.96. The molecule has 4 amide bonds. The molecule has 0 atom stereocenters. The number of imide groups is 1. The highest BCUT2D eigenvalue weighted by molar-refractivity contribution is 9.11. The molecule has 0 aliphatic heterocycles. The van der Waals surface area contributed by atoms with Gasteiger partial charge in [0.05, 0.1) is 0 Å². The summed E-state index contributed by atoms with van der Waals surface area (Å²) in [5.74, 6) is -2.20. The summed E-state index contributed by atoms with van der Waals surface area (Å²) >= 11 is 7.05. The second kappa shape index (κ2) is 12.9. The number of hydrogen-bond donors (Lipinski definition) is 3. The van der Waals surface area contributed by atoms with Gasteiger partial charge in [-0.05, 0) is 71.4 Å². The van der Waals surface area contributed by atoms with Gasteiger partial charge in [-0.3, -0.25) is 24.5 Å². The first-order valence-corrected chi connectivity index (χ1v) is 15.4. The fraction of sp³-hybridized carbons (Fsp3) is 0. The van der Waals surface area contributed by atoms with Crippen LogP contribution in [0.3, 0.4) is 0 Å². The van der Waals surface area contributed by atoms with E-state index in [0.29, 0.717) is 41.9 Å². The normalized spacial score (nSPS) is 10.8. The summed E-state index contributed by atoms with van der Waals surface area (Å²) in [6.45, 7) is 0. The van der Waals surface area contributed by atoms with Crippen LogP contribution in [0.5, 0.6) is 0 Å². The maximum atomic E-state index is 13.8. The lowest BCUT2D eigenvalue weighted by Crippen LogP contribution is -2.31. The Hall–Kier alpha value is -5.12. The number of amides is 4. The summed E-state index contributed by atoms with van der Waals surface area (Å²) in [7, 11) is 0. The molecule has 3 N–H and O–H groups in total. The van der Waals surface area contributed by atoms with Crippen LogP contribution in [0, 0.1) is 0 Å². The molecule has 6 aromatic carbocycles. The van der Waals surface area contributed by atoms with Crippen LogP contribution in [0.2, 0.25) is 0 Å². The Labute approximate surface area is 274 Å². The number of fused-ring (bicyclic) bond motifs is 2. The first-order chi connectivity index (χ1) is 21.8. The molecule has 0 radical (unpaired) electrons. The van der Waals surface area contributed by atoms with Crippen molar-refractivity contribution in [3.05, 3.63) is 153 Å². The summed E-state index contributed by atoms with van der Waals surface area (Å²) in [6.07, 6.45) is 0. The number of carbonyl (C=O) groups excluding carboxylic acids is 4. The molecule has 45 heavy (non-hydrogen) atoms. The molecule has 0 aliphatic carbocycles. The van der Waals surface area contributed by atoms with Crippen molar-refractivity contribution in [2.24, 2.45) is 0 Å². The van der Waals surface area contributed by atoms with Gasteiger partial charge in [-0.15, -0.1) is 0 Å². The number of carbonyl (C=O) groups is 4. The second-order valence-electron chi connectivity index (χ2n) is 10.1. The van der Waals surface area contributed by atoms with Crippen molar-refractivity contribution in [2.75, 3.05) is 10.6 Å². The molecule has 7 nitrogen and oxygen atoms in total. The van der Waals surface area contributed by atoms with Crippen molar-refractivity contribution in [1.82, 2.24) is 5.32 Å². The zero-order chi connectivity index (χ0) is 31.5. The minimum atomic E-state index is -0.695. The minimum absolute atomic E-state index is 0.142. The van der Waals surface area contributed by atoms with Crippen molar-refractivity contribution >= 4 is 88.4 Å². The van der Waals surface area contributed by atoms with E-state index in [1.807, 2.05) is 36.4 Å². The fourth-order valence-electron chi connectivity index (χ4n) is 5.18. The average molecular weight is 721 g/mol. The van der Waals surface area contributed by atoms with Crippen molar-refractivity contribution < 1.29 is 19.2 Å². The molecule has 0 heterocycles. The van der Waals surface area contributed by atoms with E-state index in [0.717, 1.165) is 0 Å². The molecular formula is C36H23Br2N3O4. The molecule has 0 saturated heterocycles. The maximum Gasteiger partial charge on any atom is 0.258 e. The second-order valence-corrected chi connectivity index (χ2v) is 11.8. The van der Waals surface area contributed by atoms with Crippen LogP contribution < -0.4 is 16.0 Å². The molecular weight excluding hydrogens is 698 g/mol. The monoisotopic (exact) mass is 719 g/mol. The zero-order valence-corrected chi connectivity index (χ0v) is 26.6. The molecule has 0 bridgehead atoms. The van der Waals surface area contributed by atoms with E-state index in [1.165, 1.54) is 0 Å². The van der Waals surface area contributed by atoms with Crippen LogP contribution in [0.4, 0.5) is 11.4 Å². The number of rotatable bonds is 6. The Balaban J connectivity index is 1.37. The Morgan fingerprint density at radius 1 is 0.400 bits per heavy atom. The minimum Gasteiger partial charge on any atom is -0.322 e. The van der Waals surface area contributed by atoms with E-state index in [4.69, 9.17) is 0 Å². The highest BCUT2D eigenvalue weighted by Crippen LogP contribution is 2.32. The molecule has 9 heteroatoms. The number of anilines is 2. The highest BCUT2D eigenvalue weighted by atomic mass is 79.9. The van der Waals surface area contributed by atoms with Crippen molar-refractivity contribution in [1.29, 1.82) is 0 Å². The van der Waals surface area contributed by atoms with Gasteiger partial charge in [0.15, 0.2) is 0 Å². The predicted molar refractivity (Wildman–Crippen MR) is 184 cm³/mol. The largest absolute Gasteiger partial charge is 0.322 e. The number of benzene rings is 6. The van der Waals surface area contributed by atoms with Crippen LogP contribution in [0.15, 0.2) is 130 Å². The molecule has 0 aliphatic rings. The molecule has 6 rings (SSSR count). The molecule has 6 aromatic rings. The summed E-state index contributed by atoms with van der Waals surface area (Å²) in [6, 6.07) is 34.8. The van der Waals surface area contributed by atoms with Gasteiger partial charge >= 0.3 is 0 Å². The van der Waals surface area contributed by atoms with Gasteiger partial charge in [0, 0.05) is 53.3 Å². The third kappa shape index (κ3) is 6.13. The third-order valence-corrected chi connectivity index (χ3v) is 8.63. The number of hydrogen-bond acceptors (Lipinski definition) is 4. The average Bonchev–Trinajstić information content (AvgIpc) is 3.05. The van der Waals surface area contributed by atoms with Crippen molar-refractivity contribution in [2.45, 2.75) is 0 Å². The Bertz CT molecular complexity index is 1980. The van der Waals surface area contributed by atoms with Gasteiger partial charge < -0.3 is 10.6 Å². The van der Waals surface area contributed by atoms with Crippen LogP contribution >= 0.6 is 31.9 Å². The van der Waals surface area contributed by atoms with Gasteiger partial charge in [-0.2, -0.15) is 0 Å². The number of para-hydroxylation sites is 2. The topological polar surface area (TPSA) is 104 Å². The van der Waals surface area contributed by atoms with Crippen molar-refractivity contribution in [3.63, 3.8) is 0 Å². The number of halogens is 2. The number of nitrogens with one attached hydrogen (secondary N) is 3. The van der Waals surface area contributed by atoms with Gasteiger partial charge in [-0.1, -0.05) is 92.5 Å². The Morgan fingerprint density at radius 2 is 0.778 bits per heavy atom. The molecule has 0 aromatic heterocycles. The van der Waals surface area contributed by atoms with Crippen LogP contribution in [-0.2, 0) is 0 Å². The summed E-state index contributed by atoms with van der Waals surface area (Å²) in [5, 5.41) is 10.3. The summed E-state index contributed by atoms with van der Waals surface area (Å²) in [4.78, 5) is 54.4. The molecule has 0 fully saturated rings. The lowest BCUT2D eigenvalue weighted by molar-refractivity contribution is 0.0850. The van der Waals surface area contributed by atoms with Gasteiger partial charge in [-0.25, -0.2) is 0 Å². The van der Waals surface area contributed by atoms with E-state index in [1.54, 1.807) is 84.9 Å². The molecule has 0 spiro atoms. The van der Waals surface area contributed by atoms with Crippen LogP contribution in [0.25, 0.3) is 21.5 Å². The smallest absolute Gasteiger partial charge is 0.258 e. The predicted octanol–water partition coefficient (Wildman–Crippen LogP) is 8.59. The quantitative estimate of drug-likeness (QED) is 0.150. The van der Waals surface area contributed by atoms with E-state index in [2.05, 4.69) is 47.8 Å². The third-order valence-electron chi connectivity index (χ3n) is 7.24. The SMILES string of the molecule is O=C(NC(=O)c1cccc2c(Br)ccc(C(=O)Nc3ccccc3)c12)c1cccc2c(Br)ccc(C(=O)Nc3ccccc3)c12. The van der Waals surface area contributed by atoms with E-state index in [9.17, 15) is 19.2 Å². The Morgan fingerprint density at radius 3 is 1.18 bits per heavy atom. The first-order valence-electron chi connectivity index (χ1n) is 13.8. The van der Waals surface area contributed by atoms with E-state index in [-0.39, 0.29) is 22.3 Å². The lowest BCUT2D eigenvalue weighted by Gasteiger charge is -2.15. The van der Waals surface area contributed by atoms with Crippen LogP contribution in [0.1, 0.15) is 41.4 Å². The van der Waals surface area contributed by atoms with Crippen molar-refractivity contribution in [3.8, 4) is 0 Å². The standard InChI is InChI=1S/C36H23Br2N3O4/c37-29-19-17-27(33(42)39-21-9-3-1-4-10-21)31-23(29)13-7-15-25(31)35(44)41-36(45)26-16-8-14-24-30(38)20-18-28(32(24)26)34(43)40-22-11-5-2-6-12-22/h1-20H,(H,39,42)(H,40,43)(H,41,44,45). The van der Waals surface area contributed by atoms with Crippen LogP contribution in [-0.4, -0.2) is 23.6 Å². The summed E-state index contributed by atoms with van der Waals surface area (Å²) < 4.78 is 1.37. The van der Waals surface area contributed by atoms with Gasteiger partial charge in [0.1, 0.15) is 0 Å². The maximum absolute atomic E-state index is 13.8. The van der Waals surface area contributed by atoms with E-state index >= 15 is 0 Å².